The van der Waals surface area contributed by atoms with Crippen molar-refractivity contribution in [2.24, 2.45) is 0 Å². The molecule has 0 aromatic heterocycles. The zero-order valence-corrected chi connectivity index (χ0v) is 6.73. The van der Waals surface area contributed by atoms with Crippen LogP contribution in [0.1, 0.15) is 12.8 Å². The molecule has 4 nitrogen and oxygen atoms in total. The Bertz CT molecular complexity index is 146. The van der Waals surface area contributed by atoms with Crippen molar-refractivity contribution < 1.29 is 51.6 Å². The van der Waals surface area contributed by atoms with E-state index in [9.17, 15) is 9.59 Å². The molecule has 0 aromatic carbocycles. The Balaban J connectivity index is 0. The minimum absolute atomic E-state index is 0. The van der Waals surface area contributed by atoms with Gasteiger partial charge < -0.3 is 15.3 Å². The molecule has 63 valence electrons. The normalized spacial score (nSPS) is 7.60. The van der Waals surface area contributed by atoms with Gasteiger partial charge in [0.1, 0.15) is 0 Å². The minimum Gasteiger partial charge on any atom is -0.536 e. The number of hydrogen-bond donors (Lipinski definition) is 2. The molecule has 0 aliphatic heterocycles. The number of rotatable bonds is 4. The van der Waals surface area contributed by atoms with E-state index in [1.165, 1.54) is 6.29 Å². The average Bonchev–Trinajstić information content (AvgIpc) is 1.83. The van der Waals surface area contributed by atoms with E-state index in [4.69, 9.17) is 10.5 Å². The van der Waals surface area contributed by atoms with E-state index in [0.29, 0.717) is 0 Å². The van der Waals surface area contributed by atoms with Crippen molar-refractivity contribution in [1.82, 2.24) is 0 Å². The number of hydrogen-bond acceptors (Lipinski definition) is 3. The van der Waals surface area contributed by atoms with Gasteiger partial charge in [-0.3, -0.25) is 4.79 Å². The molecule has 10 heavy (non-hydrogen) atoms. The van der Waals surface area contributed by atoms with Crippen molar-refractivity contribution >= 4 is 18.0 Å². The fraction of sp³-hybridized carbons (Fsp3) is 0.400. The molecule has 0 fully saturated rings. The van der Waals surface area contributed by atoms with E-state index in [1.54, 1.807) is 0 Å². The summed E-state index contributed by atoms with van der Waals surface area (Å²) in [5, 5.41) is 14.7. The van der Waals surface area contributed by atoms with Crippen molar-refractivity contribution in [1.29, 1.82) is 5.41 Å². The molecule has 0 saturated carbocycles. The summed E-state index contributed by atoms with van der Waals surface area (Å²) in [4.78, 5) is 19.4. The predicted octanol–water partition coefficient (Wildman–Crippen LogP) is -0.0193. The Morgan fingerprint density at radius 2 is 2.00 bits per heavy atom. The van der Waals surface area contributed by atoms with Crippen LogP contribution in [-0.4, -0.2) is 23.1 Å². The Kier molecular flexibility index (Phi) is 9.08. The molecule has 0 aliphatic carbocycles. The summed E-state index contributed by atoms with van der Waals surface area (Å²) in [7, 11) is 0. The largest absolute Gasteiger partial charge is 0.536 e. The third kappa shape index (κ3) is 8.04. The molecule has 0 saturated heterocycles. The van der Waals surface area contributed by atoms with Gasteiger partial charge in [0, 0.05) is 43.3 Å². The van der Waals surface area contributed by atoms with Crippen LogP contribution < -0.4 is 0 Å². The quantitative estimate of drug-likeness (QED) is 0.565. The smallest absolute Gasteiger partial charge is 0.303 e. The first-order valence-electron chi connectivity index (χ1n) is 2.34. The summed E-state index contributed by atoms with van der Waals surface area (Å²) < 4.78 is 0. The van der Waals surface area contributed by atoms with Crippen molar-refractivity contribution in [2.75, 3.05) is 0 Å². The van der Waals surface area contributed by atoms with Gasteiger partial charge in [-0.1, -0.05) is 0 Å². The number of nitrogens with one attached hydrogen (secondary N) is 1. The second-order valence-electron chi connectivity index (χ2n) is 1.47. The van der Waals surface area contributed by atoms with Gasteiger partial charge in [-0.2, -0.15) is 0 Å². The first-order valence-corrected chi connectivity index (χ1v) is 2.34. The molecule has 0 aromatic rings. The summed E-state index contributed by atoms with van der Waals surface area (Å²) in [6, 6.07) is 0. The van der Waals surface area contributed by atoms with Gasteiger partial charge in [0.15, 0.2) is 0 Å². The van der Waals surface area contributed by atoms with Crippen molar-refractivity contribution in [2.45, 2.75) is 12.8 Å². The molecule has 2 N–H and O–H groups in total. The van der Waals surface area contributed by atoms with Crippen LogP contribution in [0, 0.1) is 42.3 Å². The van der Waals surface area contributed by atoms with Gasteiger partial charge in [-0.05, 0) is 6.42 Å². The van der Waals surface area contributed by atoms with Crippen LogP contribution in [0.5, 0.6) is 0 Å². The van der Waals surface area contributed by atoms with Crippen LogP contribution in [0.2, 0.25) is 0 Å². The number of carbonyl (C=O) groups excluding carboxylic acids is 1. The first kappa shape index (κ1) is 12.7. The standard InChI is InChI=1S/C5H6NO3.Tm/c6-4(3-7)1-2-5(8)9;/h6H,1-2H2,(H,8,9);/q-1;. The first-order chi connectivity index (χ1) is 4.16. The Hall–Kier alpha value is 0.0438. The van der Waals surface area contributed by atoms with E-state index in [0.717, 1.165) is 0 Å². The second kappa shape index (κ2) is 7.15. The molecule has 0 unspecified atom stereocenters. The Labute approximate surface area is 87.3 Å². The van der Waals surface area contributed by atoms with Crippen LogP contribution in [0.15, 0.2) is 0 Å². The average molecular weight is 297 g/mol. The van der Waals surface area contributed by atoms with Crippen molar-refractivity contribution in [3.05, 3.63) is 0 Å². The Morgan fingerprint density at radius 1 is 1.50 bits per heavy atom. The van der Waals surface area contributed by atoms with E-state index in [2.05, 4.69) is 0 Å². The molecule has 0 heterocycles. The Morgan fingerprint density at radius 3 is 2.30 bits per heavy atom. The van der Waals surface area contributed by atoms with Crippen LogP contribution in [0.25, 0.3) is 0 Å². The van der Waals surface area contributed by atoms with Crippen molar-refractivity contribution in [3.8, 4) is 0 Å². The van der Waals surface area contributed by atoms with Crippen LogP contribution in [-0.2, 0) is 9.59 Å². The van der Waals surface area contributed by atoms with Crippen LogP contribution >= 0.6 is 0 Å². The zero-order valence-electron chi connectivity index (χ0n) is 4.96. The second-order valence-corrected chi connectivity index (χ2v) is 1.47. The molecular formula is C5H6NO3Tm-. The molecule has 0 amide bonds. The number of carboxylic acid groups (broad SMARTS) is 1. The number of carbonyl (C=O) groups is 1. The van der Waals surface area contributed by atoms with E-state index in [1.807, 2.05) is 0 Å². The SMILES string of the molecule is N=C([C-]=O)CCC(=O)O.[Tm]. The van der Waals surface area contributed by atoms with E-state index < -0.39 is 5.97 Å². The summed E-state index contributed by atoms with van der Waals surface area (Å²) in [5.74, 6) is -1.00. The van der Waals surface area contributed by atoms with Crippen molar-refractivity contribution in [3.63, 3.8) is 0 Å². The summed E-state index contributed by atoms with van der Waals surface area (Å²) in [5.41, 5.74) is -0.294. The molecule has 0 bridgehead atoms. The van der Waals surface area contributed by atoms with Gasteiger partial charge in [0.2, 0.25) is 0 Å². The molecule has 1 radical (unpaired) electrons. The third-order valence-electron chi connectivity index (χ3n) is 0.712. The summed E-state index contributed by atoms with van der Waals surface area (Å²) in [6.45, 7) is 0. The maximum atomic E-state index is 9.79. The van der Waals surface area contributed by atoms with Crippen LogP contribution in [0.3, 0.4) is 0 Å². The fourth-order valence-corrected chi connectivity index (χ4v) is 0.283. The van der Waals surface area contributed by atoms with Gasteiger partial charge in [-0.25, -0.2) is 6.29 Å². The van der Waals surface area contributed by atoms with Gasteiger partial charge in [0.25, 0.3) is 0 Å². The molecule has 0 spiro atoms. The van der Waals surface area contributed by atoms with Gasteiger partial charge in [-0.15, -0.1) is 5.71 Å². The number of aliphatic carboxylic acids is 1. The summed E-state index contributed by atoms with van der Waals surface area (Å²) in [6.07, 6.45) is 1.09. The molecule has 0 atom stereocenters. The summed E-state index contributed by atoms with van der Waals surface area (Å²) >= 11 is 0. The zero-order chi connectivity index (χ0) is 7.28. The maximum absolute atomic E-state index is 9.79. The molecule has 5 heteroatoms. The third-order valence-corrected chi connectivity index (χ3v) is 0.712. The van der Waals surface area contributed by atoms with Gasteiger partial charge >= 0.3 is 5.97 Å². The predicted molar refractivity (Wildman–Crippen MR) is 30.3 cm³/mol. The molecule has 0 aliphatic rings. The van der Waals surface area contributed by atoms with Gasteiger partial charge in [0.05, 0.1) is 0 Å². The minimum atomic E-state index is -1.00. The van der Waals surface area contributed by atoms with E-state index >= 15 is 0 Å². The topological polar surface area (TPSA) is 78.2 Å². The van der Waals surface area contributed by atoms with Crippen LogP contribution in [0.4, 0.5) is 0 Å². The fourth-order valence-electron chi connectivity index (χ4n) is 0.283. The monoisotopic (exact) mass is 297 g/mol. The maximum Gasteiger partial charge on any atom is 0.303 e. The van der Waals surface area contributed by atoms with E-state index in [-0.39, 0.29) is 55.4 Å². The molecule has 0 rings (SSSR count). The molecular weight excluding hydrogens is 291 g/mol. The number of carboxylic acids is 1.